The van der Waals surface area contributed by atoms with Crippen LogP contribution in [0.25, 0.3) is 0 Å². The van der Waals surface area contributed by atoms with Gasteiger partial charge in [0, 0.05) is 76.3 Å². The molecule has 0 spiro atoms. The first-order valence-corrected chi connectivity index (χ1v) is 15.7. The van der Waals surface area contributed by atoms with Gasteiger partial charge in [-0.1, -0.05) is 6.07 Å². The quantitative estimate of drug-likeness (QED) is 0.238. The maximum absolute atomic E-state index is 13.2. The molecule has 2 saturated heterocycles. The summed E-state index contributed by atoms with van der Waals surface area (Å²) in [5, 5.41) is 10.2. The van der Waals surface area contributed by atoms with Crippen LogP contribution < -0.4 is 16.0 Å². The van der Waals surface area contributed by atoms with Crippen molar-refractivity contribution in [3.05, 3.63) is 102 Å². The third-order valence-electron chi connectivity index (χ3n) is 10.7. The summed E-state index contributed by atoms with van der Waals surface area (Å²) < 4.78 is 0. The Bertz CT molecular complexity index is 1680. The zero-order chi connectivity index (χ0) is 29.0. The number of benzene rings is 2. The van der Waals surface area contributed by atoms with Crippen molar-refractivity contribution >= 4 is 34.3 Å². The summed E-state index contributed by atoms with van der Waals surface area (Å²) in [4.78, 5) is 25.0. The van der Waals surface area contributed by atoms with Gasteiger partial charge in [-0.2, -0.15) is 0 Å². The Kier molecular flexibility index (Phi) is 6.44. The number of rotatable bonds is 5. The summed E-state index contributed by atoms with van der Waals surface area (Å²) in [6.07, 6.45) is 14.0. The van der Waals surface area contributed by atoms with E-state index in [1.54, 1.807) is 0 Å². The molecule has 7 nitrogen and oxygen atoms in total. The van der Waals surface area contributed by atoms with Gasteiger partial charge < -0.3 is 20.9 Å². The van der Waals surface area contributed by atoms with E-state index in [0.717, 1.165) is 53.6 Å². The molecule has 2 bridgehead atoms. The summed E-state index contributed by atoms with van der Waals surface area (Å²) in [6.45, 7) is 1.19. The summed E-state index contributed by atoms with van der Waals surface area (Å²) in [5.74, 6) is 1.31. The zero-order valence-corrected chi connectivity index (χ0v) is 24.6. The average molecular weight is 571 g/mol. The lowest BCUT2D eigenvalue weighted by atomic mass is 9.44. The second kappa shape index (κ2) is 10.5. The number of anilines is 5. The Labute approximate surface area is 253 Å². The van der Waals surface area contributed by atoms with Crippen molar-refractivity contribution in [2.45, 2.75) is 56.4 Å². The molecule has 43 heavy (non-hydrogen) atoms. The fourth-order valence-corrected chi connectivity index (χ4v) is 8.48. The number of fused-ring (bicyclic) bond motifs is 4. The Morgan fingerprint density at radius 3 is 2.58 bits per heavy atom. The summed E-state index contributed by atoms with van der Waals surface area (Å²) in [7, 11) is 2.30. The van der Waals surface area contributed by atoms with Gasteiger partial charge in [-0.15, -0.1) is 0 Å². The van der Waals surface area contributed by atoms with Crippen LogP contribution in [0.1, 0.15) is 59.3 Å². The highest BCUT2D eigenvalue weighted by Crippen LogP contribution is 2.62. The van der Waals surface area contributed by atoms with Crippen LogP contribution >= 0.6 is 0 Å². The van der Waals surface area contributed by atoms with E-state index in [0.29, 0.717) is 17.5 Å². The molecule has 4 aromatic rings. The number of amides is 1. The number of piperidine rings is 2. The van der Waals surface area contributed by atoms with Gasteiger partial charge in [0.2, 0.25) is 0 Å². The molecule has 2 saturated carbocycles. The van der Waals surface area contributed by atoms with E-state index in [-0.39, 0.29) is 11.3 Å². The van der Waals surface area contributed by atoms with E-state index in [1.807, 2.05) is 67.1 Å². The monoisotopic (exact) mass is 570 g/mol. The van der Waals surface area contributed by atoms with E-state index in [9.17, 15) is 4.79 Å². The number of aromatic nitrogens is 2. The maximum atomic E-state index is 13.2. The van der Waals surface area contributed by atoms with Crippen molar-refractivity contribution in [3.63, 3.8) is 0 Å². The number of nitrogens with one attached hydrogen (secondary N) is 3. The van der Waals surface area contributed by atoms with Crippen LogP contribution in [0, 0.1) is 11.8 Å². The third kappa shape index (κ3) is 4.58. The van der Waals surface area contributed by atoms with Gasteiger partial charge >= 0.3 is 0 Å². The minimum absolute atomic E-state index is 0.124. The summed E-state index contributed by atoms with van der Waals surface area (Å²) in [5.41, 5.74) is 9.51. The van der Waals surface area contributed by atoms with Gasteiger partial charge in [0.05, 0.1) is 0 Å². The van der Waals surface area contributed by atoms with Crippen LogP contribution in [0.15, 0.2) is 79.3 Å². The van der Waals surface area contributed by atoms with E-state index in [1.165, 1.54) is 49.0 Å². The topological polar surface area (TPSA) is 82.2 Å². The predicted octanol–water partition coefficient (Wildman–Crippen LogP) is 7.08. The lowest BCUT2D eigenvalue weighted by Gasteiger charge is -2.66. The van der Waals surface area contributed by atoms with Gasteiger partial charge in [-0.25, -0.2) is 0 Å². The molecule has 5 aliphatic rings. The second-order valence-electron chi connectivity index (χ2n) is 12.9. The van der Waals surface area contributed by atoms with Gasteiger partial charge in [0.1, 0.15) is 0 Å². The molecule has 2 aliphatic carbocycles. The molecule has 5 heterocycles. The van der Waals surface area contributed by atoms with Gasteiger partial charge in [0.25, 0.3) is 5.91 Å². The molecule has 7 heteroatoms. The number of pyridine rings is 2. The van der Waals surface area contributed by atoms with Crippen LogP contribution in [0.3, 0.4) is 0 Å². The molecule has 1 amide bonds. The largest absolute Gasteiger partial charge is 0.355 e. The van der Waals surface area contributed by atoms with Crippen molar-refractivity contribution < 1.29 is 4.79 Å². The summed E-state index contributed by atoms with van der Waals surface area (Å²) in [6, 6.07) is 20.9. The minimum atomic E-state index is -0.124. The smallest absolute Gasteiger partial charge is 0.255 e. The molecule has 4 fully saturated rings. The van der Waals surface area contributed by atoms with Gasteiger partial charge in [0.15, 0.2) is 0 Å². The minimum Gasteiger partial charge on any atom is -0.355 e. The standard InChI is InChI=1S/C36H38N6O/c1-42-22-26-8-12-33(42)30-13-16-36(26,30)34-20-29(14-18-38-34)39-27-9-6-24(7-10-27)35(43)40-28-11-5-23-3-2-4-25-21-37-17-15-31(25)41-32(23)19-28/h5-7,9-11,14-15,17-21,26,30,33,41H,2-4,8,12-13,16,22H2,1H3,(H,38,39)(H,40,43)/t26-,30-,33-,36-/m1/s1. The highest BCUT2D eigenvalue weighted by atomic mass is 16.1. The maximum Gasteiger partial charge on any atom is 0.255 e. The molecule has 218 valence electrons. The Hall–Kier alpha value is -4.23. The highest BCUT2D eigenvalue weighted by molar-refractivity contribution is 6.04. The molecule has 2 aromatic heterocycles. The van der Waals surface area contributed by atoms with Crippen LogP contribution in [-0.4, -0.2) is 40.4 Å². The second-order valence-corrected chi connectivity index (χ2v) is 12.9. The van der Waals surface area contributed by atoms with E-state index in [4.69, 9.17) is 4.98 Å². The molecule has 2 aromatic carbocycles. The number of carbonyl (C=O) groups is 1. The SMILES string of the molecule is CN1C[C@H]2CC[C@@H]1[C@H]1CC[C@@]21c1cc(Nc2ccc(C(=O)Nc3ccc4c(c3)Nc3ccncc3CCC4)cc2)ccn1. The highest BCUT2D eigenvalue weighted by Gasteiger charge is 2.62. The van der Waals surface area contributed by atoms with Crippen LogP contribution in [0.5, 0.6) is 0 Å². The molecule has 3 aliphatic heterocycles. The lowest BCUT2D eigenvalue weighted by molar-refractivity contribution is -0.116. The predicted molar refractivity (Wildman–Crippen MR) is 171 cm³/mol. The van der Waals surface area contributed by atoms with Gasteiger partial charge in [-0.05, 0) is 130 Å². The van der Waals surface area contributed by atoms with Crippen molar-refractivity contribution in [1.82, 2.24) is 14.9 Å². The fourth-order valence-electron chi connectivity index (χ4n) is 8.48. The van der Waals surface area contributed by atoms with Crippen LogP contribution in [0.2, 0.25) is 0 Å². The molecular weight excluding hydrogens is 532 g/mol. The average Bonchev–Trinajstić information content (AvgIpc) is 2.99. The van der Waals surface area contributed by atoms with E-state index in [2.05, 4.69) is 45.0 Å². The van der Waals surface area contributed by atoms with Crippen molar-refractivity contribution in [2.75, 3.05) is 29.5 Å². The molecule has 9 rings (SSSR count). The number of carbonyl (C=O) groups excluding carboxylic acids is 1. The first-order valence-electron chi connectivity index (χ1n) is 15.7. The lowest BCUT2D eigenvalue weighted by Crippen LogP contribution is -2.68. The Morgan fingerprint density at radius 2 is 1.77 bits per heavy atom. The number of hydrogen-bond acceptors (Lipinski definition) is 6. The summed E-state index contributed by atoms with van der Waals surface area (Å²) >= 11 is 0. The third-order valence-corrected chi connectivity index (χ3v) is 10.7. The van der Waals surface area contributed by atoms with Crippen molar-refractivity contribution in [2.24, 2.45) is 11.8 Å². The fraction of sp³-hybridized carbons (Fsp3) is 0.361. The number of nitrogens with zero attached hydrogens (tertiary/aromatic N) is 3. The van der Waals surface area contributed by atoms with Crippen molar-refractivity contribution in [3.8, 4) is 0 Å². The van der Waals surface area contributed by atoms with E-state index < -0.39 is 0 Å². The molecule has 3 N–H and O–H groups in total. The first-order chi connectivity index (χ1) is 21.1. The van der Waals surface area contributed by atoms with Crippen molar-refractivity contribution in [1.29, 1.82) is 0 Å². The zero-order valence-electron chi connectivity index (χ0n) is 24.6. The Balaban J connectivity index is 0.954. The Morgan fingerprint density at radius 1 is 0.907 bits per heavy atom. The molecule has 0 radical (unpaired) electrons. The van der Waals surface area contributed by atoms with Gasteiger partial charge in [-0.3, -0.25) is 14.8 Å². The first kappa shape index (κ1) is 26.4. The number of hydrogen-bond donors (Lipinski definition) is 3. The van der Waals surface area contributed by atoms with E-state index >= 15 is 0 Å². The molecule has 0 unspecified atom stereocenters. The molecule has 4 atom stereocenters. The molecular formula is C36H38N6O. The van der Waals surface area contributed by atoms with Crippen LogP contribution in [-0.2, 0) is 18.3 Å². The van der Waals surface area contributed by atoms with Crippen LogP contribution in [0.4, 0.5) is 28.4 Å². The normalized spacial score (nSPS) is 25.6. The number of aryl methyl sites for hydroxylation is 2.